The molecular formula is C23H21FN4O4. The first kappa shape index (κ1) is 20.2. The van der Waals surface area contributed by atoms with Gasteiger partial charge < -0.3 is 14.3 Å². The molecule has 32 heavy (non-hydrogen) atoms. The molecule has 2 amide bonds. The highest BCUT2D eigenvalue weighted by molar-refractivity contribution is 5.96. The van der Waals surface area contributed by atoms with Crippen molar-refractivity contribution in [1.29, 1.82) is 0 Å². The number of hydrogen-bond donors (Lipinski definition) is 0. The minimum Gasteiger partial charge on any atom is -0.364 e. The third-order valence-corrected chi connectivity index (χ3v) is 6.06. The molecule has 3 aromatic rings. The quantitative estimate of drug-likeness (QED) is 0.629. The van der Waals surface area contributed by atoms with E-state index in [0.717, 1.165) is 12.8 Å². The van der Waals surface area contributed by atoms with Crippen LogP contribution in [0.2, 0.25) is 0 Å². The molecule has 0 atom stereocenters. The summed E-state index contributed by atoms with van der Waals surface area (Å²) in [6.07, 6.45) is 5.19. The first-order valence-corrected chi connectivity index (χ1v) is 10.5. The Bertz CT molecular complexity index is 1230. The van der Waals surface area contributed by atoms with Crippen molar-refractivity contribution >= 4 is 11.8 Å². The van der Waals surface area contributed by atoms with Gasteiger partial charge in [-0.25, -0.2) is 4.39 Å². The number of carbonyl (C=O) groups excluding carboxylic acids is 2. The summed E-state index contributed by atoms with van der Waals surface area (Å²) in [5, 5.41) is 3.72. The lowest BCUT2D eigenvalue weighted by molar-refractivity contribution is 0.0722. The number of hydrogen-bond acceptors (Lipinski definition) is 5. The van der Waals surface area contributed by atoms with Gasteiger partial charge in [0.1, 0.15) is 17.6 Å². The van der Waals surface area contributed by atoms with Crippen LogP contribution in [0.4, 0.5) is 4.39 Å². The highest BCUT2D eigenvalue weighted by Gasteiger charge is 2.32. The number of benzene rings is 1. The molecule has 1 fully saturated rings. The molecular weight excluding hydrogens is 415 g/mol. The Morgan fingerprint density at radius 2 is 1.72 bits per heavy atom. The smallest absolute Gasteiger partial charge is 0.276 e. The van der Waals surface area contributed by atoms with Crippen molar-refractivity contribution in [1.82, 2.24) is 19.5 Å². The maximum absolute atomic E-state index is 13.5. The lowest BCUT2D eigenvalue weighted by Crippen LogP contribution is -2.41. The summed E-state index contributed by atoms with van der Waals surface area (Å²) in [5.74, 6) is -0.981. The first-order valence-electron chi connectivity index (χ1n) is 10.5. The SMILES string of the molecule is O=C(c1ccon1)N1CCc2c(cn(-c3ccc(F)cc3)c(=O)c2C(=O)N2CCCC2)C1. The van der Waals surface area contributed by atoms with E-state index in [2.05, 4.69) is 5.16 Å². The number of nitrogens with zero attached hydrogens (tertiary/aromatic N) is 4. The molecule has 0 saturated carbocycles. The third-order valence-electron chi connectivity index (χ3n) is 6.06. The third kappa shape index (κ3) is 3.49. The Hall–Kier alpha value is -3.75. The van der Waals surface area contributed by atoms with Gasteiger partial charge in [0.2, 0.25) is 0 Å². The van der Waals surface area contributed by atoms with E-state index in [1.165, 1.54) is 41.2 Å². The predicted octanol–water partition coefficient (Wildman–Crippen LogP) is 2.40. The van der Waals surface area contributed by atoms with Gasteiger partial charge in [-0.3, -0.25) is 19.0 Å². The Morgan fingerprint density at radius 3 is 2.41 bits per heavy atom. The second-order valence-electron chi connectivity index (χ2n) is 8.02. The molecule has 4 heterocycles. The summed E-state index contributed by atoms with van der Waals surface area (Å²) < 4.78 is 19.6. The zero-order chi connectivity index (χ0) is 22.2. The van der Waals surface area contributed by atoms with E-state index in [1.54, 1.807) is 16.0 Å². The number of aromatic nitrogens is 2. The van der Waals surface area contributed by atoms with Crippen molar-refractivity contribution in [3.8, 4) is 5.69 Å². The number of carbonyl (C=O) groups is 2. The topological polar surface area (TPSA) is 88.6 Å². The molecule has 0 unspecified atom stereocenters. The number of pyridine rings is 1. The van der Waals surface area contributed by atoms with Gasteiger partial charge in [0.15, 0.2) is 5.69 Å². The molecule has 164 valence electrons. The van der Waals surface area contributed by atoms with Gasteiger partial charge in [0.25, 0.3) is 17.4 Å². The minimum atomic E-state index is -0.427. The normalized spacial score (nSPS) is 15.7. The van der Waals surface area contributed by atoms with Crippen molar-refractivity contribution in [2.75, 3.05) is 19.6 Å². The first-order chi connectivity index (χ1) is 15.5. The van der Waals surface area contributed by atoms with Crippen molar-refractivity contribution in [3.05, 3.63) is 81.3 Å². The van der Waals surface area contributed by atoms with E-state index in [-0.39, 0.29) is 29.6 Å². The van der Waals surface area contributed by atoms with Crippen molar-refractivity contribution < 1.29 is 18.5 Å². The molecule has 1 saturated heterocycles. The van der Waals surface area contributed by atoms with E-state index >= 15 is 0 Å². The van der Waals surface area contributed by atoms with Crippen molar-refractivity contribution in [2.45, 2.75) is 25.8 Å². The van der Waals surface area contributed by atoms with Gasteiger partial charge in [0, 0.05) is 44.1 Å². The van der Waals surface area contributed by atoms with Crippen molar-refractivity contribution in [3.63, 3.8) is 0 Å². The fourth-order valence-electron chi connectivity index (χ4n) is 4.41. The minimum absolute atomic E-state index is 0.141. The standard InChI is InChI=1S/C23H21FN4O4/c24-16-3-5-17(6-4-16)28-14-15-13-27(21(29)19-8-12-32-25-19)11-7-18(15)20(23(28)31)22(30)26-9-1-2-10-26/h3-6,8,12,14H,1-2,7,9-11,13H2. The number of fused-ring (bicyclic) bond motifs is 1. The Kier molecular flexibility index (Phi) is 5.08. The molecule has 0 bridgehead atoms. The summed E-state index contributed by atoms with van der Waals surface area (Å²) in [6.45, 7) is 1.83. The fourth-order valence-corrected chi connectivity index (χ4v) is 4.41. The second kappa shape index (κ2) is 8.07. The van der Waals surface area contributed by atoms with E-state index in [9.17, 15) is 18.8 Å². The monoisotopic (exact) mass is 436 g/mol. The summed E-state index contributed by atoms with van der Waals surface area (Å²) in [5.41, 5.74) is 1.75. The van der Waals surface area contributed by atoms with Gasteiger partial charge in [0.05, 0.1) is 0 Å². The summed E-state index contributed by atoms with van der Waals surface area (Å²) >= 11 is 0. The molecule has 1 aromatic carbocycles. The van der Waals surface area contributed by atoms with Crippen LogP contribution in [0.3, 0.4) is 0 Å². The lowest BCUT2D eigenvalue weighted by Gasteiger charge is -2.30. The van der Waals surface area contributed by atoms with Gasteiger partial charge in [-0.2, -0.15) is 0 Å². The van der Waals surface area contributed by atoms with Gasteiger partial charge >= 0.3 is 0 Å². The van der Waals surface area contributed by atoms with Gasteiger partial charge in [-0.15, -0.1) is 0 Å². The highest BCUT2D eigenvalue weighted by atomic mass is 19.1. The molecule has 5 rings (SSSR count). The molecule has 0 radical (unpaired) electrons. The molecule has 0 N–H and O–H groups in total. The highest BCUT2D eigenvalue weighted by Crippen LogP contribution is 2.25. The van der Waals surface area contributed by atoms with Crippen LogP contribution in [0.15, 0.2) is 52.1 Å². The Labute approximate surface area is 182 Å². The molecule has 0 spiro atoms. The van der Waals surface area contributed by atoms with E-state index < -0.39 is 11.4 Å². The van der Waals surface area contributed by atoms with Crippen molar-refractivity contribution in [2.24, 2.45) is 0 Å². The molecule has 8 nitrogen and oxygen atoms in total. The van der Waals surface area contributed by atoms with Crippen LogP contribution in [-0.4, -0.2) is 51.0 Å². The number of halogens is 1. The van der Waals surface area contributed by atoms with Gasteiger partial charge in [-0.05, 0) is 54.7 Å². The molecule has 0 aliphatic carbocycles. The number of rotatable bonds is 3. The molecule has 2 aliphatic rings. The van der Waals surface area contributed by atoms with Gasteiger partial charge in [-0.1, -0.05) is 5.16 Å². The van der Waals surface area contributed by atoms with E-state index in [4.69, 9.17) is 4.52 Å². The maximum atomic E-state index is 13.5. The average Bonchev–Trinajstić information content (AvgIpc) is 3.53. The summed E-state index contributed by atoms with van der Waals surface area (Å²) in [7, 11) is 0. The summed E-state index contributed by atoms with van der Waals surface area (Å²) in [6, 6.07) is 7.02. The molecule has 9 heteroatoms. The Morgan fingerprint density at radius 1 is 0.969 bits per heavy atom. The van der Waals surface area contributed by atoms with Crippen LogP contribution in [0.1, 0.15) is 44.8 Å². The zero-order valence-corrected chi connectivity index (χ0v) is 17.3. The molecule has 2 aromatic heterocycles. The molecule has 2 aliphatic heterocycles. The average molecular weight is 436 g/mol. The maximum Gasteiger partial charge on any atom is 0.276 e. The fraction of sp³-hybridized carbons (Fsp3) is 0.304. The number of likely N-dealkylation sites (tertiary alicyclic amines) is 1. The second-order valence-corrected chi connectivity index (χ2v) is 8.02. The predicted molar refractivity (Wildman–Crippen MR) is 112 cm³/mol. The lowest BCUT2D eigenvalue weighted by atomic mass is 9.95. The van der Waals surface area contributed by atoms with Crippen LogP contribution in [0.5, 0.6) is 0 Å². The van der Waals surface area contributed by atoms with Crippen LogP contribution < -0.4 is 5.56 Å². The van der Waals surface area contributed by atoms with Crippen LogP contribution >= 0.6 is 0 Å². The Balaban J connectivity index is 1.60. The van der Waals surface area contributed by atoms with E-state index in [1.807, 2.05) is 0 Å². The zero-order valence-electron chi connectivity index (χ0n) is 17.3. The summed E-state index contributed by atoms with van der Waals surface area (Å²) in [4.78, 5) is 42.9. The van der Waals surface area contributed by atoms with Crippen LogP contribution in [-0.2, 0) is 13.0 Å². The van der Waals surface area contributed by atoms with Crippen LogP contribution in [0.25, 0.3) is 5.69 Å². The van der Waals surface area contributed by atoms with Crippen LogP contribution in [0, 0.1) is 5.82 Å². The number of amides is 2. The largest absolute Gasteiger partial charge is 0.364 e. The van der Waals surface area contributed by atoms with E-state index in [0.29, 0.717) is 42.9 Å².